The van der Waals surface area contributed by atoms with Crippen molar-refractivity contribution >= 4 is 40.6 Å². The molecule has 1 aromatic heterocycles. The van der Waals surface area contributed by atoms with Gasteiger partial charge in [-0.1, -0.05) is 43.4 Å². The second-order valence-corrected chi connectivity index (χ2v) is 7.89. The van der Waals surface area contributed by atoms with Crippen LogP contribution >= 0.6 is 23.1 Å². The van der Waals surface area contributed by atoms with Crippen LogP contribution in [0.1, 0.15) is 35.1 Å². The van der Waals surface area contributed by atoms with Gasteiger partial charge in [0.15, 0.2) is 0 Å². The van der Waals surface area contributed by atoms with Gasteiger partial charge in [0.25, 0.3) is 5.91 Å². The van der Waals surface area contributed by atoms with Gasteiger partial charge in [-0.15, -0.1) is 22.0 Å². The van der Waals surface area contributed by atoms with Gasteiger partial charge in [0.2, 0.25) is 10.9 Å². The number of carbonyl (C=O) groups is 2. The third kappa shape index (κ3) is 7.23. The van der Waals surface area contributed by atoms with Crippen LogP contribution in [0.5, 0.6) is 0 Å². The number of hydrogen-bond donors (Lipinski definition) is 2. The molecule has 0 spiro atoms. The summed E-state index contributed by atoms with van der Waals surface area (Å²) in [6.45, 7) is 4.96. The van der Waals surface area contributed by atoms with E-state index in [2.05, 4.69) is 34.7 Å². The van der Waals surface area contributed by atoms with E-state index < -0.39 is 0 Å². The summed E-state index contributed by atoms with van der Waals surface area (Å²) in [5.74, 6) is 1.27. The van der Waals surface area contributed by atoms with E-state index in [1.54, 1.807) is 0 Å². The smallest absolute Gasteiger partial charge is 0.286 e. The molecule has 25 heavy (non-hydrogen) atoms. The predicted octanol–water partition coefficient (Wildman–Crippen LogP) is 3.19. The first-order valence-corrected chi connectivity index (χ1v) is 10.0. The maximum Gasteiger partial charge on any atom is 0.286 e. The maximum atomic E-state index is 12.1. The zero-order valence-electron chi connectivity index (χ0n) is 14.3. The number of anilines is 1. The SMILES string of the molecule is CC(C)CCNC(=O)CSCc1nnc(C(=O)Nc2ccccc2)s1. The average Bonchev–Trinajstić information content (AvgIpc) is 3.04. The van der Waals surface area contributed by atoms with Crippen LogP contribution in [-0.4, -0.2) is 34.3 Å². The zero-order chi connectivity index (χ0) is 18.1. The molecule has 0 bridgehead atoms. The highest BCUT2D eigenvalue weighted by Crippen LogP contribution is 2.18. The van der Waals surface area contributed by atoms with Crippen molar-refractivity contribution in [2.45, 2.75) is 26.0 Å². The van der Waals surface area contributed by atoms with Gasteiger partial charge in [0.05, 0.1) is 5.75 Å². The van der Waals surface area contributed by atoms with E-state index in [0.29, 0.717) is 29.0 Å². The first-order chi connectivity index (χ1) is 12.0. The Hall–Kier alpha value is -1.93. The minimum absolute atomic E-state index is 0.0252. The first-order valence-electron chi connectivity index (χ1n) is 8.08. The first kappa shape index (κ1) is 19.4. The molecule has 0 radical (unpaired) electrons. The summed E-state index contributed by atoms with van der Waals surface area (Å²) in [5, 5.41) is 14.7. The Kier molecular flexibility index (Phi) is 7.87. The zero-order valence-corrected chi connectivity index (χ0v) is 16.0. The van der Waals surface area contributed by atoms with Crippen LogP contribution in [0.4, 0.5) is 5.69 Å². The number of benzene rings is 1. The summed E-state index contributed by atoms with van der Waals surface area (Å²) in [5.41, 5.74) is 0.719. The molecule has 2 N–H and O–H groups in total. The second-order valence-electron chi connectivity index (χ2n) is 5.85. The number of nitrogens with one attached hydrogen (secondary N) is 2. The number of nitrogens with zero attached hydrogens (tertiary/aromatic N) is 2. The molecule has 0 aliphatic carbocycles. The van der Waals surface area contributed by atoms with Crippen molar-refractivity contribution in [2.75, 3.05) is 17.6 Å². The molecule has 0 saturated heterocycles. The molecule has 2 rings (SSSR count). The summed E-state index contributed by atoms with van der Waals surface area (Å²) >= 11 is 2.71. The highest BCUT2D eigenvalue weighted by atomic mass is 32.2. The van der Waals surface area contributed by atoms with E-state index in [9.17, 15) is 9.59 Å². The van der Waals surface area contributed by atoms with Gasteiger partial charge in [0, 0.05) is 18.0 Å². The molecular formula is C17H22N4O2S2. The molecule has 134 valence electrons. The Morgan fingerprint density at radius 2 is 1.96 bits per heavy atom. The molecule has 2 amide bonds. The van der Waals surface area contributed by atoms with Gasteiger partial charge in [-0.25, -0.2) is 0 Å². The monoisotopic (exact) mass is 378 g/mol. The quantitative estimate of drug-likeness (QED) is 0.700. The maximum absolute atomic E-state index is 12.1. The predicted molar refractivity (Wildman–Crippen MR) is 103 cm³/mol. The molecule has 0 saturated carbocycles. The molecular weight excluding hydrogens is 356 g/mol. The van der Waals surface area contributed by atoms with Crippen molar-refractivity contribution in [3.05, 3.63) is 40.3 Å². The molecule has 0 fully saturated rings. The van der Waals surface area contributed by atoms with E-state index in [4.69, 9.17) is 0 Å². The second kappa shape index (κ2) is 10.1. The number of aromatic nitrogens is 2. The largest absolute Gasteiger partial charge is 0.355 e. The third-order valence-corrected chi connectivity index (χ3v) is 5.24. The lowest BCUT2D eigenvalue weighted by molar-refractivity contribution is -0.118. The van der Waals surface area contributed by atoms with Gasteiger partial charge in [-0.3, -0.25) is 9.59 Å². The minimum Gasteiger partial charge on any atom is -0.355 e. The van der Waals surface area contributed by atoms with E-state index in [1.165, 1.54) is 23.1 Å². The fourth-order valence-corrected chi connectivity index (χ4v) is 3.53. The molecule has 0 aliphatic rings. The Balaban J connectivity index is 1.72. The third-order valence-electron chi connectivity index (χ3n) is 3.20. The number of hydrogen-bond acceptors (Lipinski definition) is 6. The van der Waals surface area contributed by atoms with Crippen molar-refractivity contribution in [3.63, 3.8) is 0 Å². The summed E-state index contributed by atoms with van der Waals surface area (Å²) in [7, 11) is 0. The van der Waals surface area contributed by atoms with Crippen molar-refractivity contribution in [2.24, 2.45) is 5.92 Å². The fraction of sp³-hybridized carbons (Fsp3) is 0.412. The van der Waals surface area contributed by atoms with Gasteiger partial charge < -0.3 is 10.6 Å². The summed E-state index contributed by atoms with van der Waals surface area (Å²) in [6, 6.07) is 9.21. The molecule has 2 aromatic rings. The Bertz CT molecular complexity index is 689. The fourth-order valence-electron chi connectivity index (χ4n) is 1.89. The van der Waals surface area contributed by atoms with E-state index >= 15 is 0 Å². The van der Waals surface area contributed by atoms with E-state index in [1.807, 2.05) is 30.3 Å². The number of amides is 2. The van der Waals surface area contributed by atoms with Crippen molar-refractivity contribution in [3.8, 4) is 0 Å². The normalized spacial score (nSPS) is 10.7. The average molecular weight is 379 g/mol. The van der Waals surface area contributed by atoms with Crippen LogP contribution in [-0.2, 0) is 10.5 Å². The molecule has 6 nitrogen and oxygen atoms in total. The van der Waals surface area contributed by atoms with Crippen LogP contribution in [0.2, 0.25) is 0 Å². The molecule has 0 unspecified atom stereocenters. The number of carbonyl (C=O) groups excluding carboxylic acids is 2. The Morgan fingerprint density at radius 1 is 1.20 bits per heavy atom. The van der Waals surface area contributed by atoms with Crippen LogP contribution in [0.3, 0.4) is 0 Å². The van der Waals surface area contributed by atoms with Gasteiger partial charge in [-0.2, -0.15) is 0 Å². The van der Waals surface area contributed by atoms with Crippen LogP contribution in [0.25, 0.3) is 0 Å². The molecule has 8 heteroatoms. The minimum atomic E-state index is -0.272. The van der Waals surface area contributed by atoms with Gasteiger partial charge in [0.1, 0.15) is 5.01 Å². The van der Waals surface area contributed by atoms with E-state index in [-0.39, 0.29) is 11.8 Å². The van der Waals surface area contributed by atoms with Crippen molar-refractivity contribution in [1.82, 2.24) is 15.5 Å². The lowest BCUT2D eigenvalue weighted by atomic mass is 10.1. The molecule has 0 atom stereocenters. The molecule has 0 aliphatic heterocycles. The standard InChI is InChI=1S/C17H22N4O2S2/c1-12(2)8-9-18-14(22)10-24-11-15-20-21-17(25-15)16(23)19-13-6-4-3-5-7-13/h3-7,12H,8-11H2,1-2H3,(H,18,22)(H,19,23). The van der Waals surface area contributed by atoms with Crippen molar-refractivity contribution in [1.29, 1.82) is 0 Å². The number of rotatable bonds is 9. The van der Waals surface area contributed by atoms with Gasteiger partial charge in [-0.05, 0) is 24.5 Å². The topological polar surface area (TPSA) is 84.0 Å². The van der Waals surface area contributed by atoms with Crippen molar-refractivity contribution < 1.29 is 9.59 Å². The number of thioether (sulfide) groups is 1. The number of para-hydroxylation sites is 1. The van der Waals surface area contributed by atoms with Gasteiger partial charge >= 0.3 is 0 Å². The Labute approximate surface area is 155 Å². The summed E-state index contributed by atoms with van der Waals surface area (Å²) < 4.78 is 0. The Morgan fingerprint density at radius 3 is 2.68 bits per heavy atom. The summed E-state index contributed by atoms with van der Waals surface area (Å²) in [4.78, 5) is 23.8. The van der Waals surface area contributed by atoms with Crippen LogP contribution < -0.4 is 10.6 Å². The summed E-state index contributed by atoms with van der Waals surface area (Å²) in [6.07, 6.45) is 0.979. The lowest BCUT2D eigenvalue weighted by Gasteiger charge is -2.06. The van der Waals surface area contributed by atoms with E-state index in [0.717, 1.165) is 17.1 Å². The molecule has 1 heterocycles. The molecule has 1 aromatic carbocycles. The van der Waals surface area contributed by atoms with Crippen LogP contribution in [0.15, 0.2) is 30.3 Å². The highest BCUT2D eigenvalue weighted by molar-refractivity contribution is 7.99. The lowest BCUT2D eigenvalue weighted by Crippen LogP contribution is -2.26. The van der Waals surface area contributed by atoms with Crippen LogP contribution in [0, 0.1) is 5.92 Å². The highest BCUT2D eigenvalue weighted by Gasteiger charge is 2.13.